The van der Waals surface area contributed by atoms with Crippen molar-refractivity contribution in [3.05, 3.63) is 73.2 Å². The molecule has 0 spiro atoms. The van der Waals surface area contributed by atoms with E-state index in [-0.39, 0.29) is 11.6 Å². The molecule has 0 saturated carbocycles. The van der Waals surface area contributed by atoms with Gasteiger partial charge in [0.25, 0.3) is 5.91 Å². The first-order valence-corrected chi connectivity index (χ1v) is 9.03. The van der Waals surface area contributed by atoms with Gasteiger partial charge in [-0.15, -0.1) is 0 Å². The molecule has 4 aromatic rings. The Balaban J connectivity index is 1.37. The molecule has 0 radical (unpaired) electrons. The number of anilines is 2. The number of nitrogens with one attached hydrogen (secondary N) is 2. The molecule has 30 heavy (non-hydrogen) atoms. The van der Waals surface area contributed by atoms with Crippen molar-refractivity contribution >= 4 is 23.2 Å². The normalized spacial score (nSPS) is 11.6. The topological polar surface area (TPSA) is 128 Å². The van der Waals surface area contributed by atoms with Crippen molar-refractivity contribution in [2.24, 2.45) is 0 Å². The number of nitrogens with zero attached hydrogens (tertiary/aromatic N) is 5. The van der Waals surface area contributed by atoms with Crippen LogP contribution in [0.2, 0.25) is 0 Å². The highest BCUT2D eigenvalue weighted by molar-refractivity contribution is 6.03. The molecule has 0 aliphatic rings. The van der Waals surface area contributed by atoms with Crippen LogP contribution in [0, 0.1) is 0 Å². The van der Waals surface area contributed by atoms with Gasteiger partial charge in [-0.05, 0) is 43.3 Å². The number of hydrogen-bond acceptors (Lipinski definition) is 7. The largest absolute Gasteiger partial charge is 0.355 e. The van der Waals surface area contributed by atoms with Gasteiger partial charge in [0.05, 0.1) is 0 Å². The molecule has 0 fully saturated rings. The van der Waals surface area contributed by atoms with Crippen LogP contribution in [0.15, 0.2) is 72.0 Å². The molecule has 2 amide bonds. The SMILES string of the molecule is C[C@H](C(=O)Nc1ccc(NC(=O)c2cc(-c3cccnc3)on2)cc1)n1cncn1. The number of amides is 2. The summed E-state index contributed by atoms with van der Waals surface area (Å²) in [6.07, 6.45) is 6.12. The second-order valence-corrected chi connectivity index (χ2v) is 6.39. The summed E-state index contributed by atoms with van der Waals surface area (Å²) >= 11 is 0. The molecule has 0 aliphatic carbocycles. The Morgan fingerprint density at radius 1 is 1.07 bits per heavy atom. The van der Waals surface area contributed by atoms with Crippen molar-refractivity contribution in [2.75, 3.05) is 10.6 Å². The summed E-state index contributed by atoms with van der Waals surface area (Å²) in [7, 11) is 0. The fraction of sp³-hybridized carbons (Fsp3) is 0.100. The monoisotopic (exact) mass is 403 g/mol. The fourth-order valence-corrected chi connectivity index (χ4v) is 2.64. The Labute approximate surface area is 170 Å². The lowest BCUT2D eigenvalue weighted by Crippen LogP contribution is -2.24. The molecular formula is C20H17N7O3. The lowest BCUT2D eigenvalue weighted by atomic mass is 10.2. The zero-order valence-electron chi connectivity index (χ0n) is 15.9. The first kappa shape index (κ1) is 19.0. The van der Waals surface area contributed by atoms with Gasteiger partial charge >= 0.3 is 0 Å². The summed E-state index contributed by atoms with van der Waals surface area (Å²) < 4.78 is 6.68. The van der Waals surface area contributed by atoms with Crippen molar-refractivity contribution in [3.63, 3.8) is 0 Å². The van der Waals surface area contributed by atoms with E-state index in [0.29, 0.717) is 17.1 Å². The van der Waals surface area contributed by atoms with Gasteiger partial charge in [0.2, 0.25) is 5.91 Å². The highest BCUT2D eigenvalue weighted by Gasteiger charge is 2.16. The molecule has 1 aromatic carbocycles. The quantitative estimate of drug-likeness (QED) is 0.506. The third-order valence-corrected chi connectivity index (χ3v) is 4.31. The summed E-state index contributed by atoms with van der Waals surface area (Å²) in [5.41, 5.74) is 2.01. The maximum atomic E-state index is 12.4. The second-order valence-electron chi connectivity index (χ2n) is 6.39. The molecule has 10 nitrogen and oxygen atoms in total. The Morgan fingerprint density at radius 2 is 1.83 bits per heavy atom. The van der Waals surface area contributed by atoms with Crippen molar-refractivity contribution in [1.29, 1.82) is 0 Å². The van der Waals surface area contributed by atoms with Crippen molar-refractivity contribution in [3.8, 4) is 11.3 Å². The van der Waals surface area contributed by atoms with Gasteiger partial charge in [-0.3, -0.25) is 14.6 Å². The van der Waals surface area contributed by atoms with Crippen LogP contribution in [0.5, 0.6) is 0 Å². The van der Waals surface area contributed by atoms with Crippen LogP contribution in [0.4, 0.5) is 11.4 Å². The highest BCUT2D eigenvalue weighted by atomic mass is 16.5. The lowest BCUT2D eigenvalue weighted by Gasteiger charge is -2.12. The molecular weight excluding hydrogens is 386 g/mol. The molecule has 0 unspecified atom stereocenters. The van der Waals surface area contributed by atoms with E-state index in [9.17, 15) is 9.59 Å². The van der Waals surface area contributed by atoms with Crippen LogP contribution in [0.25, 0.3) is 11.3 Å². The number of rotatable bonds is 6. The third kappa shape index (κ3) is 4.22. The number of benzene rings is 1. The smallest absolute Gasteiger partial charge is 0.277 e. The number of pyridine rings is 1. The molecule has 1 atom stereocenters. The summed E-state index contributed by atoms with van der Waals surface area (Å²) in [6, 6.07) is 11.3. The summed E-state index contributed by atoms with van der Waals surface area (Å²) in [5, 5.41) is 13.3. The van der Waals surface area contributed by atoms with Gasteiger partial charge in [-0.25, -0.2) is 9.67 Å². The molecule has 4 rings (SSSR count). The number of hydrogen-bond donors (Lipinski definition) is 2. The average molecular weight is 403 g/mol. The van der Waals surface area contributed by atoms with E-state index in [1.165, 1.54) is 17.3 Å². The highest BCUT2D eigenvalue weighted by Crippen LogP contribution is 2.20. The molecule has 3 aromatic heterocycles. The van der Waals surface area contributed by atoms with E-state index >= 15 is 0 Å². The molecule has 3 heterocycles. The van der Waals surface area contributed by atoms with Crippen LogP contribution in [-0.4, -0.2) is 36.7 Å². The van der Waals surface area contributed by atoms with E-state index in [2.05, 4.69) is 30.9 Å². The second kappa shape index (κ2) is 8.35. The van der Waals surface area contributed by atoms with Crippen LogP contribution in [0.1, 0.15) is 23.5 Å². The van der Waals surface area contributed by atoms with Gasteiger partial charge in [0, 0.05) is 35.4 Å². The van der Waals surface area contributed by atoms with Gasteiger partial charge in [-0.2, -0.15) is 5.10 Å². The summed E-state index contributed by atoms with van der Waals surface area (Å²) in [5.74, 6) is -0.193. The number of carbonyl (C=O) groups is 2. The maximum absolute atomic E-state index is 12.4. The van der Waals surface area contributed by atoms with Crippen molar-refractivity contribution in [1.82, 2.24) is 24.9 Å². The third-order valence-electron chi connectivity index (χ3n) is 4.31. The average Bonchev–Trinajstić information content (AvgIpc) is 3.48. The number of aromatic nitrogens is 5. The van der Waals surface area contributed by atoms with Gasteiger partial charge < -0.3 is 15.2 Å². The lowest BCUT2D eigenvalue weighted by molar-refractivity contribution is -0.119. The van der Waals surface area contributed by atoms with E-state index < -0.39 is 11.9 Å². The molecule has 0 saturated heterocycles. The zero-order chi connectivity index (χ0) is 20.9. The first-order valence-electron chi connectivity index (χ1n) is 9.03. The summed E-state index contributed by atoms with van der Waals surface area (Å²) in [4.78, 5) is 32.5. The standard InChI is InChI=1S/C20H17N7O3/c1-13(27-12-22-11-23-27)19(28)24-15-4-6-16(7-5-15)25-20(29)17-9-18(30-26-17)14-3-2-8-21-10-14/h2-13H,1H3,(H,24,28)(H,25,29)/t13-/m1/s1. The van der Waals surface area contributed by atoms with Gasteiger partial charge in [-0.1, -0.05) is 5.16 Å². The molecule has 2 N–H and O–H groups in total. The van der Waals surface area contributed by atoms with Crippen LogP contribution < -0.4 is 10.6 Å². The van der Waals surface area contributed by atoms with Crippen LogP contribution in [-0.2, 0) is 4.79 Å². The predicted octanol–water partition coefficient (Wildman–Crippen LogP) is 2.78. The Morgan fingerprint density at radius 3 is 2.50 bits per heavy atom. The predicted molar refractivity (Wildman–Crippen MR) is 107 cm³/mol. The zero-order valence-corrected chi connectivity index (χ0v) is 15.9. The summed E-state index contributed by atoms with van der Waals surface area (Å²) in [6.45, 7) is 1.72. The number of carbonyl (C=O) groups excluding carboxylic acids is 2. The van der Waals surface area contributed by atoms with E-state index in [1.54, 1.807) is 55.7 Å². The Kier molecular flexibility index (Phi) is 5.29. The van der Waals surface area contributed by atoms with Crippen LogP contribution in [0.3, 0.4) is 0 Å². The van der Waals surface area contributed by atoms with E-state index in [0.717, 1.165) is 5.56 Å². The minimum atomic E-state index is -0.506. The fourth-order valence-electron chi connectivity index (χ4n) is 2.64. The maximum Gasteiger partial charge on any atom is 0.277 e. The minimum absolute atomic E-state index is 0.146. The van der Waals surface area contributed by atoms with Gasteiger partial charge in [0.1, 0.15) is 18.7 Å². The molecule has 0 aliphatic heterocycles. The minimum Gasteiger partial charge on any atom is -0.355 e. The Hall–Kier alpha value is -4.34. The molecule has 0 bridgehead atoms. The van der Waals surface area contributed by atoms with Gasteiger partial charge in [0.15, 0.2) is 11.5 Å². The first-order chi connectivity index (χ1) is 14.6. The van der Waals surface area contributed by atoms with Crippen molar-refractivity contribution < 1.29 is 14.1 Å². The Bertz CT molecular complexity index is 1140. The van der Waals surface area contributed by atoms with Crippen molar-refractivity contribution in [2.45, 2.75) is 13.0 Å². The molecule has 10 heteroatoms. The van der Waals surface area contributed by atoms with Crippen LogP contribution >= 0.6 is 0 Å². The van der Waals surface area contributed by atoms with E-state index in [1.807, 2.05) is 6.07 Å². The van der Waals surface area contributed by atoms with E-state index in [4.69, 9.17) is 4.52 Å². The molecule has 150 valence electrons.